The molecule has 27 heavy (non-hydrogen) atoms. The van der Waals surface area contributed by atoms with Crippen molar-refractivity contribution in [3.05, 3.63) is 35.4 Å². The van der Waals surface area contributed by atoms with Gasteiger partial charge in [0.15, 0.2) is 0 Å². The van der Waals surface area contributed by atoms with Crippen molar-refractivity contribution in [1.82, 2.24) is 15.5 Å². The maximum Gasteiger partial charge on any atom is 0.228 e. The molecule has 2 N–H and O–H groups in total. The lowest BCUT2D eigenvalue weighted by molar-refractivity contribution is -0.136. The molecule has 0 bridgehead atoms. The Morgan fingerprint density at radius 1 is 1.26 bits per heavy atom. The molecule has 0 saturated carbocycles. The largest absolute Gasteiger partial charge is 0.384 e. The number of hydrogen-bond acceptors (Lipinski definition) is 4. The zero-order chi connectivity index (χ0) is 18.3. The Balaban J connectivity index is 0.00000338. The van der Waals surface area contributed by atoms with E-state index < -0.39 is 5.41 Å². The summed E-state index contributed by atoms with van der Waals surface area (Å²) in [7, 11) is 3.80. The lowest BCUT2D eigenvalue weighted by Crippen LogP contribution is -2.49. The fraction of sp³-hybridized carbons (Fsp3) is 0.650. The molecular weight excluding hydrogens is 385 g/mol. The monoisotopic (exact) mass is 419 g/mol. The number of benzene rings is 1. The molecule has 1 amide bonds. The quantitative estimate of drug-likeness (QED) is 0.679. The Bertz CT molecular complexity index is 558. The third-order valence-electron chi connectivity index (χ3n) is 5.22. The molecule has 1 heterocycles. The smallest absolute Gasteiger partial charge is 0.228 e. The Kier molecular flexibility index (Phi) is 12.2. The summed E-state index contributed by atoms with van der Waals surface area (Å²) in [5.41, 5.74) is 2.02. The van der Waals surface area contributed by atoms with Gasteiger partial charge in [-0.3, -0.25) is 9.69 Å². The number of nitrogens with one attached hydrogen (secondary N) is 2. The van der Waals surface area contributed by atoms with Crippen LogP contribution < -0.4 is 10.6 Å². The number of rotatable bonds is 8. The van der Waals surface area contributed by atoms with E-state index in [2.05, 4.69) is 60.7 Å². The molecule has 0 aromatic heterocycles. The summed E-state index contributed by atoms with van der Waals surface area (Å²) in [4.78, 5) is 15.1. The van der Waals surface area contributed by atoms with Gasteiger partial charge in [0, 0.05) is 26.2 Å². The SMILES string of the molecule is COCC1(C(=O)NCc2cccc(CN(C)C(C)C)c2)CCNCC1.Cl.Cl. The van der Waals surface area contributed by atoms with Crippen LogP contribution in [0, 0.1) is 5.41 Å². The van der Waals surface area contributed by atoms with Crippen LogP contribution in [0.5, 0.6) is 0 Å². The van der Waals surface area contributed by atoms with Gasteiger partial charge in [0.2, 0.25) is 5.91 Å². The second-order valence-electron chi connectivity index (χ2n) is 7.47. The molecule has 0 atom stereocenters. The average molecular weight is 420 g/mol. The van der Waals surface area contributed by atoms with E-state index in [-0.39, 0.29) is 30.7 Å². The van der Waals surface area contributed by atoms with Gasteiger partial charge < -0.3 is 15.4 Å². The number of amides is 1. The third kappa shape index (κ3) is 7.59. The number of carbonyl (C=O) groups is 1. The van der Waals surface area contributed by atoms with E-state index in [1.54, 1.807) is 7.11 Å². The molecule has 0 radical (unpaired) electrons. The van der Waals surface area contributed by atoms with Gasteiger partial charge in [-0.05, 0) is 58.0 Å². The van der Waals surface area contributed by atoms with Crippen LogP contribution in [0.1, 0.15) is 37.8 Å². The number of nitrogens with zero attached hydrogens (tertiary/aromatic N) is 1. The fourth-order valence-corrected chi connectivity index (χ4v) is 3.30. The summed E-state index contributed by atoms with van der Waals surface area (Å²) in [6, 6.07) is 8.98. The fourth-order valence-electron chi connectivity index (χ4n) is 3.30. The number of methoxy groups -OCH3 is 1. The van der Waals surface area contributed by atoms with Crippen LogP contribution in [0.25, 0.3) is 0 Å². The van der Waals surface area contributed by atoms with Crippen LogP contribution in [0.4, 0.5) is 0 Å². The van der Waals surface area contributed by atoms with Crippen LogP contribution in [0.2, 0.25) is 0 Å². The third-order valence-corrected chi connectivity index (χ3v) is 5.22. The maximum absolute atomic E-state index is 12.8. The first-order valence-electron chi connectivity index (χ1n) is 9.23. The minimum atomic E-state index is -0.393. The Morgan fingerprint density at radius 3 is 2.48 bits per heavy atom. The Morgan fingerprint density at radius 2 is 1.89 bits per heavy atom. The Hall–Kier alpha value is -0.850. The summed E-state index contributed by atoms with van der Waals surface area (Å²) in [5.74, 6) is 0.112. The number of halogens is 2. The van der Waals surface area contributed by atoms with Crippen molar-refractivity contribution in [2.75, 3.05) is 33.9 Å². The first-order chi connectivity index (χ1) is 12.0. The molecule has 2 rings (SSSR count). The van der Waals surface area contributed by atoms with Gasteiger partial charge in [0.05, 0.1) is 12.0 Å². The van der Waals surface area contributed by atoms with E-state index in [1.807, 2.05) is 0 Å². The summed E-state index contributed by atoms with van der Waals surface area (Å²) in [5, 5.41) is 6.46. The first-order valence-corrected chi connectivity index (χ1v) is 9.23. The highest BCUT2D eigenvalue weighted by molar-refractivity contribution is 5.85. The number of hydrogen-bond donors (Lipinski definition) is 2. The summed E-state index contributed by atoms with van der Waals surface area (Å²) < 4.78 is 5.35. The van der Waals surface area contributed by atoms with E-state index in [9.17, 15) is 4.79 Å². The van der Waals surface area contributed by atoms with Crippen LogP contribution in [0.3, 0.4) is 0 Å². The molecule has 1 aliphatic rings. The van der Waals surface area contributed by atoms with Gasteiger partial charge in [0.25, 0.3) is 0 Å². The van der Waals surface area contributed by atoms with Crippen molar-refractivity contribution in [1.29, 1.82) is 0 Å². The standard InChI is InChI=1S/C20H33N3O2.2ClH/c1-16(2)23(3)14-18-7-5-6-17(12-18)13-22-19(24)20(15-25-4)8-10-21-11-9-20;;/h5-7,12,16,21H,8-11,13-15H2,1-4H3,(H,22,24);2*1H. The zero-order valence-corrected chi connectivity index (χ0v) is 18.5. The summed E-state index contributed by atoms with van der Waals surface area (Å²) in [6.07, 6.45) is 1.65. The molecule has 0 aliphatic carbocycles. The van der Waals surface area contributed by atoms with Gasteiger partial charge >= 0.3 is 0 Å². The van der Waals surface area contributed by atoms with Gasteiger partial charge in [0.1, 0.15) is 0 Å². The second kappa shape index (κ2) is 12.6. The molecule has 156 valence electrons. The van der Waals surface area contributed by atoms with Crippen LogP contribution in [-0.4, -0.2) is 50.7 Å². The molecule has 5 nitrogen and oxygen atoms in total. The average Bonchev–Trinajstić information content (AvgIpc) is 2.61. The summed E-state index contributed by atoms with van der Waals surface area (Å²) >= 11 is 0. The minimum absolute atomic E-state index is 0. The van der Waals surface area contributed by atoms with Crippen molar-refractivity contribution in [3.8, 4) is 0 Å². The van der Waals surface area contributed by atoms with Crippen LogP contribution in [-0.2, 0) is 22.6 Å². The highest BCUT2D eigenvalue weighted by Crippen LogP contribution is 2.29. The Labute approximate surface area is 176 Å². The molecule has 0 unspecified atom stereocenters. The maximum atomic E-state index is 12.8. The van der Waals surface area contributed by atoms with E-state index in [4.69, 9.17) is 4.74 Å². The highest BCUT2D eigenvalue weighted by Gasteiger charge is 2.39. The highest BCUT2D eigenvalue weighted by atomic mass is 35.5. The molecule has 1 fully saturated rings. The van der Waals surface area contributed by atoms with Gasteiger partial charge in [-0.1, -0.05) is 24.3 Å². The topological polar surface area (TPSA) is 53.6 Å². The molecule has 1 saturated heterocycles. The van der Waals surface area contributed by atoms with E-state index in [1.165, 1.54) is 5.56 Å². The molecule has 1 aliphatic heterocycles. The van der Waals surface area contributed by atoms with E-state index in [0.717, 1.165) is 38.0 Å². The van der Waals surface area contributed by atoms with Crippen molar-refractivity contribution in [3.63, 3.8) is 0 Å². The van der Waals surface area contributed by atoms with Gasteiger partial charge in [-0.15, -0.1) is 24.8 Å². The predicted octanol–water partition coefficient (Wildman–Crippen LogP) is 3.00. The molecule has 1 aromatic carbocycles. The minimum Gasteiger partial charge on any atom is -0.384 e. The molecule has 7 heteroatoms. The molecule has 0 spiro atoms. The lowest BCUT2D eigenvalue weighted by Gasteiger charge is -2.35. The lowest BCUT2D eigenvalue weighted by atomic mass is 9.78. The van der Waals surface area contributed by atoms with Crippen LogP contribution >= 0.6 is 24.8 Å². The van der Waals surface area contributed by atoms with Crippen molar-refractivity contribution in [2.24, 2.45) is 5.41 Å². The molecular formula is C20H35Cl2N3O2. The van der Waals surface area contributed by atoms with E-state index >= 15 is 0 Å². The van der Waals surface area contributed by atoms with Crippen molar-refractivity contribution < 1.29 is 9.53 Å². The van der Waals surface area contributed by atoms with Gasteiger partial charge in [-0.2, -0.15) is 0 Å². The number of ether oxygens (including phenoxy) is 1. The van der Waals surface area contributed by atoms with Crippen molar-refractivity contribution in [2.45, 2.75) is 45.8 Å². The normalized spacial score (nSPS) is 15.8. The second-order valence-corrected chi connectivity index (χ2v) is 7.47. The predicted molar refractivity (Wildman–Crippen MR) is 116 cm³/mol. The first kappa shape index (κ1) is 26.1. The van der Waals surface area contributed by atoms with Crippen LogP contribution in [0.15, 0.2) is 24.3 Å². The van der Waals surface area contributed by atoms with E-state index in [0.29, 0.717) is 19.2 Å². The summed E-state index contributed by atoms with van der Waals surface area (Å²) in [6.45, 7) is 8.09. The molecule has 1 aromatic rings. The van der Waals surface area contributed by atoms with Crippen molar-refractivity contribution >= 4 is 30.7 Å². The van der Waals surface area contributed by atoms with Gasteiger partial charge in [-0.25, -0.2) is 0 Å². The zero-order valence-electron chi connectivity index (χ0n) is 16.9. The number of carbonyl (C=O) groups excluding carboxylic acids is 1. The number of piperidine rings is 1.